The number of amides is 1. The Kier molecular flexibility index (Phi) is 9.67. The Morgan fingerprint density at radius 3 is 2.38 bits per heavy atom. The minimum Gasteiger partial charge on any atom is -0.449 e. The number of ether oxygens (including phenoxy) is 2. The van der Waals surface area contributed by atoms with E-state index in [0.717, 1.165) is 0 Å². The fraction of sp³-hybridized carbons (Fsp3) is 0.240. The zero-order valence-electron chi connectivity index (χ0n) is 20.5. The normalized spacial score (nSPS) is 11.3. The summed E-state index contributed by atoms with van der Waals surface area (Å²) in [4.78, 5) is 25.9. The number of halogens is 4. The number of unbranched alkanes of at least 4 members (excludes halogenated alkanes) is 2. The number of hydrogen-bond acceptors (Lipinski definition) is 7. The van der Waals surface area contributed by atoms with E-state index in [1.54, 1.807) is 0 Å². The molecule has 4 rings (SSSR count). The van der Waals surface area contributed by atoms with Crippen LogP contribution < -0.4 is 20.1 Å². The SMILES string of the molecule is [N-]=[N+]=Nc1ccc(NCCCCCC(=O)NCc2c(Cl)c(Cl)cc3c2Oc2cc(Cl)c(Cl)cc2O3)c([N+](=O)[O-])c1. The van der Waals surface area contributed by atoms with Gasteiger partial charge in [-0.2, -0.15) is 0 Å². The first-order chi connectivity index (χ1) is 19.2. The van der Waals surface area contributed by atoms with Crippen LogP contribution in [0, 0.1) is 10.1 Å². The van der Waals surface area contributed by atoms with Gasteiger partial charge in [0.25, 0.3) is 5.69 Å². The number of carbonyl (C=O) groups is 1. The molecule has 40 heavy (non-hydrogen) atoms. The van der Waals surface area contributed by atoms with Gasteiger partial charge >= 0.3 is 0 Å². The first kappa shape index (κ1) is 29.4. The van der Waals surface area contributed by atoms with Crippen LogP contribution in [0.2, 0.25) is 20.1 Å². The highest BCUT2D eigenvalue weighted by atomic mass is 35.5. The van der Waals surface area contributed by atoms with Crippen molar-refractivity contribution in [2.75, 3.05) is 11.9 Å². The van der Waals surface area contributed by atoms with E-state index in [4.69, 9.17) is 61.4 Å². The van der Waals surface area contributed by atoms with Crippen molar-refractivity contribution in [2.45, 2.75) is 32.2 Å². The molecule has 3 aromatic carbocycles. The van der Waals surface area contributed by atoms with E-state index in [2.05, 4.69) is 20.7 Å². The summed E-state index contributed by atoms with van der Waals surface area (Å²) in [6.45, 7) is 0.513. The van der Waals surface area contributed by atoms with Gasteiger partial charge in [0.15, 0.2) is 23.0 Å². The van der Waals surface area contributed by atoms with Gasteiger partial charge in [0.2, 0.25) is 5.91 Å². The number of rotatable bonds is 11. The van der Waals surface area contributed by atoms with Crippen molar-refractivity contribution in [2.24, 2.45) is 5.11 Å². The molecule has 0 saturated carbocycles. The third-order valence-corrected chi connectivity index (χ3v) is 7.39. The van der Waals surface area contributed by atoms with E-state index in [-0.39, 0.29) is 40.3 Å². The van der Waals surface area contributed by atoms with E-state index in [9.17, 15) is 14.9 Å². The third kappa shape index (κ3) is 6.93. The van der Waals surface area contributed by atoms with Crippen LogP contribution in [0.4, 0.5) is 17.1 Å². The first-order valence-electron chi connectivity index (χ1n) is 11.9. The molecule has 1 amide bonds. The average Bonchev–Trinajstić information content (AvgIpc) is 2.91. The maximum Gasteiger partial charge on any atom is 0.292 e. The number of benzene rings is 3. The number of azide groups is 1. The highest BCUT2D eigenvalue weighted by molar-refractivity contribution is 6.43. The molecule has 0 radical (unpaired) electrons. The molecule has 3 aromatic rings. The van der Waals surface area contributed by atoms with Crippen molar-refractivity contribution in [3.05, 3.63) is 82.6 Å². The second-order valence-corrected chi connectivity index (χ2v) is 10.2. The van der Waals surface area contributed by atoms with Crippen LogP contribution in [-0.4, -0.2) is 17.4 Å². The number of carbonyl (C=O) groups excluding carboxylic acids is 1. The highest BCUT2D eigenvalue weighted by Crippen LogP contribution is 2.52. The molecule has 15 heteroatoms. The molecule has 0 spiro atoms. The van der Waals surface area contributed by atoms with Gasteiger partial charge in [0.1, 0.15) is 5.69 Å². The number of nitrogens with zero attached hydrogens (tertiary/aromatic N) is 4. The number of nitro groups is 1. The summed E-state index contributed by atoms with van der Waals surface area (Å²) in [5.41, 5.74) is 9.25. The molecule has 0 fully saturated rings. The van der Waals surface area contributed by atoms with Crippen molar-refractivity contribution in [3.63, 3.8) is 0 Å². The van der Waals surface area contributed by atoms with E-state index < -0.39 is 4.92 Å². The van der Waals surface area contributed by atoms with Gasteiger partial charge in [-0.3, -0.25) is 14.9 Å². The molecular formula is C25H20Cl4N6O5. The maximum absolute atomic E-state index is 12.5. The second kappa shape index (κ2) is 13.2. The van der Waals surface area contributed by atoms with Crippen LogP contribution in [0.15, 0.2) is 41.5 Å². The average molecular weight is 626 g/mol. The molecular weight excluding hydrogens is 606 g/mol. The number of anilines is 1. The molecule has 0 aliphatic carbocycles. The zero-order chi connectivity index (χ0) is 28.8. The van der Waals surface area contributed by atoms with Crippen molar-refractivity contribution in [1.82, 2.24) is 5.32 Å². The van der Waals surface area contributed by atoms with Crippen LogP contribution in [-0.2, 0) is 11.3 Å². The van der Waals surface area contributed by atoms with Gasteiger partial charge in [0, 0.05) is 59.9 Å². The van der Waals surface area contributed by atoms with Crippen molar-refractivity contribution in [3.8, 4) is 23.0 Å². The lowest BCUT2D eigenvalue weighted by Crippen LogP contribution is -2.23. The Balaban J connectivity index is 1.27. The molecule has 208 valence electrons. The molecule has 1 heterocycles. The Labute approximate surface area is 248 Å². The fourth-order valence-electron chi connectivity index (χ4n) is 3.90. The second-order valence-electron chi connectivity index (χ2n) is 8.56. The van der Waals surface area contributed by atoms with Crippen LogP contribution in [0.3, 0.4) is 0 Å². The molecule has 2 N–H and O–H groups in total. The lowest BCUT2D eigenvalue weighted by molar-refractivity contribution is -0.383. The number of nitro benzene ring substituents is 1. The Hall–Kier alpha value is -3.60. The largest absolute Gasteiger partial charge is 0.449 e. The predicted octanol–water partition coefficient (Wildman–Crippen LogP) is 9.34. The highest BCUT2D eigenvalue weighted by Gasteiger charge is 2.27. The van der Waals surface area contributed by atoms with Gasteiger partial charge in [-0.05, 0) is 24.4 Å². The lowest BCUT2D eigenvalue weighted by Gasteiger charge is -2.24. The van der Waals surface area contributed by atoms with Crippen LogP contribution in [0.1, 0.15) is 31.2 Å². The number of fused-ring (bicyclic) bond motifs is 2. The maximum atomic E-state index is 12.5. The summed E-state index contributed by atoms with van der Waals surface area (Å²) in [6.07, 6.45) is 2.23. The first-order valence-corrected chi connectivity index (χ1v) is 13.4. The summed E-state index contributed by atoms with van der Waals surface area (Å²) in [5, 5.41) is 21.6. The van der Waals surface area contributed by atoms with Gasteiger partial charge in [-0.25, -0.2) is 0 Å². The summed E-state index contributed by atoms with van der Waals surface area (Å²) in [5.74, 6) is 1.15. The molecule has 0 atom stereocenters. The number of hydrogen-bond donors (Lipinski definition) is 2. The Morgan fingerprint density at radius 1 is 0.975 bits per heavy atom. The van der Waals surface area contributed by atoms with Crippen LogP contribution in [0.5, 0.6) is 23.0 Å². The monoisotopic (exact) mass is 624 g/mol. The topological polar surface area (TPSA) is 151 Å². The molecule has 11 nitrogen and oxygen atoms in total. The van der Waals surface area contributed by atoms with Gasteiger partial charge in [-0.15, -0.1) is 0 Å². The third-order valence-electron chi connectivity index (χ3n) is 5.85. The van der Waals surface area contributed by atoms with Crippen molar-refractivity contribution in [1.29, 1.82) is 0 Å². The molecule has 1 aliphatic rings. The van der Waals surface area contributed by atoms with Gasteiger partial charge in [0.05, 0.1) is 25.0 Å². The summed E-state index contributed by atoms with van der Waals surface area (Å²) in [7, 11) is 0. The van der Waals surface area contributed by atoms with E-state index in [1.807, 2.05) is 0 Å². The molecule has 0 unspecified atom stereocenters. The van der Waals surface area contributed by atoms with Crippen LogP contribution >= 0.6 is 46.4 Å². The summed E-state index contributed by atoms with van der Waals surface area (Å²) >= 11 is 24.9. The van der Waals surface area contributed by atoms with E-state index >= 15 is 0 Å². The standard InChI is InChI=1S/C25H20Cl4N6O5/c26-15-9-20-21(10-16(15)27)40-25-14(24(29)17(28)11-22(25)39-20)12-32-23(36)4-2-1-3-7-31-18-6-5-13(33-34-30)8-19(18)35(37)38/h5-6,8-11,31H,1-4,7,12H2,(H,32,36). The van der Waals surface area contributed by atoms with E-state index in [0.29, 0.717) is 70.1 Å². The van der Waals surface area contributed by atoms with Gasteiger partial charge < -0.3 is 20.1 Å². The zero-order valence-corrected chi connectivity index (χ0v) is 23.6. The van der Waals surface area contributed by atoms with Crippen LogP contribution in [0.25, 0.3) is 10.4 Å². The minimum absolute atomic E-state index is 0.0532. The van der Waals surface area contributed by atoms with Gasteiger partial charge in [-0.1, -0.05) is 64.0 Å². The van der Waals surface area contributed by atoms with Crippen molar-refractivity contribution < 1.29 is 19.2 Å². The Bertz CT molecular complexity index is 1530. The fourth-order valence-corrected chi connectivity index (χ4v) is 4.63. The molecule has 1 aliphatic heterocycles. The van der Waals surface area contributed by atoms with Crippen molar-refractivity contribution >= 4 is 69.4 Å². The number of nitrogens with one attached hydrogen (secondary N) is 2. The Morgan fingerprint density at radius 2 is 1.68 bits per heavy atom. The quantitative estimate of drug-likeness (QED) is 0.0423. The molecule has 0 aromatic heterocycles. The predicted molar refractivity (Wildman–Crippen MR) is 154 cm³/mol. The summed E-state index contributed by atoms with van der Waals surface area (Å²) in [6, 6.07) is 8.77. The summed E-state index contributed by atoms with van der Waals surface area (Å²) < 4.78 is 11.9. The molecule has 0 bridgehead atoms. The van der Waals surface area contributed by atoms with E-state index in [1.165, 1.54) is 36.4 Å². The smallest absolute Gasteiger partial charge is 0.292 e. The minimum atomic E-state index is -0.549. The lowest BCUT2D eigenvalue weighted by atomic mass is 10.1. The molecule has 0 saturated heterocycles.